The molecular formula is C22H27N3O2S. The van der Waals surface area contributed by atoms with Gasteiger partial charge in [0.05, 0.1) is 6.54 Å². The van der Waals surface area contributed by atoms with Crippen molar-refractivity contribution in [3.05, 3.63) is 60.2 Å². The van der Waals surface area contributed by atoms with Crippen LogP contribution in [-0.2, 0) is 16.1 Å². The largest absolute Gasteiger partial charge is 0.352 e. The summed E-state index contributed by atoms with van der Waals surface area (Å²) in [7, 11) is 0. The Morgan fingerprint density at radius 2 is 1.71 bits per heavy atom. The maximum Gasteiger partial charge on any atom is 0.238 e. The van der Waals surface area contributed by atoms with Crippen LogP contribution in [0.5, 0.6) is 0 Å². The Hall–Kier alpha value is -2.31. The first-order valence-corrected chi connectivity index (χ1v) is 10.8. The summed E-state index contributed by atoms with van der Waals surface area (Å²) in [5.41, 5.74) is 1.92. The molecule has 0 aromatic heterocycles. The Bertz CT molecular complexity index is 772. The summed E-state index contributed by atoms with van der Waals surface area (Å²) in [6.45, 7) is 2.46. The average Bonchev–Trinajstić information content (AvgIpc) is 2.74. The topological polar surface area (TPSA) is 61.4 Å². The molecule has 0 aliphatic carbocycles. The number of thioether (sulfide) groups is 1. The lowest BCUT2D eigenvalue weighted by molar-refractivity contribution is -0.126. The summed E-state index contributed by atoms with van der Waals surface area (Å²) in [4.78, 5) is 27.9. The van der Waals surface area contributed by atoms with E-state index in [-0.39, 0.29) is 17.7 Å². The van der Waals surface area contributed by atoms with Crippen LogP contribution in [-0.4, -0.2) is 42.6 Å². The number of carbonyl (C=O) groups is 2. The van der Waals surface area contributed by atoms with Gasteiger partial charge in [0.2, 0.25) is 11.8 Å². The lowest BCUT2D eigenvalue weighted by Crippen LogP contribution is -2.43. The van der Waals surface area contributed by atoms with E-state index in [1.54, 1.807) is 11.8 Å². The molecule has 28 heavy (non-hydrogen) atoms. The van der Waals surface area contributed by atoms with Crippen LogP contribution in [0.4, 0.5) is 5.69 Å². The van der Waals surface area contributed by atoms with E-state index >= 15 is 0 Å². The molecule has 1 saturated heterocycles. The molecule has 1 fully saturated rings. The van der Waals surface area contributed by atoms with Gasteiger partial charge < -0.3 is 10.6 Å². The monoisotopic (exact) mass is 397 g/mol. The van der Waals surface area contributed by atoms with E-state index in [1.807, 2.05) is 60.9 Å². The molecule has 2 N–H and O–H groups in total. The van der Waals surface area contributed by atoms with E-state index < -0.39 is 0 Å². The summed E-state index contributed by atoms with van der Waals surface area (Å²) in [5.74, 6) is 0.132. The van der Waals surface area contributed by atoms with Crippen LogP contribution in [0.25, 0.3) is 0 Å². The second-order valence-corrected chi connectivity index (χ2v) is 7.91. The molecule has 0 radical (unpaired) electrons. The summed E-state index contributed by atoms with van der Waals surface area (Å²) in [5, 5.41) is 5.97. The molecule has 1 heterocycles. The highest BCUT2D eigenvalue weighted by Gasteiger charge is 2.25. The van der Waals surface area contributed by atoms with Gasteiger partial charge in [-0.2, -0.15) is 0 Å². The Morgan fingerprint density at radius 3 is 2.36 bits per heavy atom. The van der Waals surface area contributed by atoms with E-state index in [2.05, 4.69) is 15.5 Å². The van der Waals surface area contributed by atoms with E-state index in [9.17, 15) is 9.59 Å². The Balaban J connectivity index is 1.38. The van der Waals surface area contributed by atoms with Gasteiger partial charge in [0.1, 0.15) is 0 Å². The van der Waals surface area contributed by atoms with Crippen molar-refractivity contribution in [1.29, 1.82) is 0 Å². The highest BCUT2D eigenvalue weighted by molar-refractivity contribution is 7.98. The first-order chi connectivity index (χ1) is 13.6. The van der Waals surface area contributed by atoms with Crippen LogP contribution in [0.15, 0.2) is 59.5 Å². The highest BCUT2D eigenvalue weighted by atomic mass is 32.2. The van der Waals surface area contributed by atoms with Crippen LogP contribution in [0.2, 0.25) is 0 Å². The van der Waals surface area contributed by atoms with Gasteiger partial charge in [0.15, 0.2) is 0 Å². The van der Waals surface area contributed by atoms with Gasteiger partial charge in [-0.05, 0) is 62.0 Å². The standard InChI is InChI=1S/C22H27N3O2S/c1-28-20-9-7-19(8-10-20)24-21(26)16-25-13-11-18(12-14-25)22(27)23-15-17-5-3-2-4-6-17/h2-10,18H,11-16H2,1H3,(H,23,27)(H,24,26). The van der Waals surface area contributed by atoms with Gasteiger partial charge in [0, 0.05) is 23.0 Å². The molecule has 0 atom stereocenters. The molecule has 148 valence electrons. The number of piperidine rings is 1. The number of nitrogens with one attached hydrogen (secondary N) is 2. The molecular weight excluding hydrogens is 370 g/mol. The number of carbonyl (C=O) groups excluding carboxylic acids is 2. The Kier molecular flexibility index (Phi) is 7.51. The van der Waals surface area contributed by atoms with Gasteiger partial charge in [-0.3, -0.25) is 14.5 Å². The smallest absolute Gasteiger partial charge is 0.238 e. The molecule has 0 bridgehead atoms. The van der Waals surface area contributed by atoms with Gasteiger partial charge in [-0.1, -0.05) is 30.3 Å². The van der Waals surface area contributed by atoms with Crippen molar-refractivity contribution in [1.82, 2.24) is 10.2 Å². The second kappa shape index (κ2) is 10.3. The summed E-state index contributed by atoms with van der Waals surface area (Å²) in [6.07, 6.45) is 3.60. The quantitative estimate of drug-likeness (QED) is 0.703. The molecule has 0 saturated carbocycles. The zero-order valence-corrected chi connectivity index (χ0v) is 17.0. The number of rotatable bonds is 7. The zero-order chi connectivity index (χ0) is 19.8. The van der Waals surface area contributed by atoms with Crippen molar-refractivity contribution in [2.75, 3.05) is 31.2 Å². The fourth-order valence-corrected chi connectivity index (χ4v) is 3.77. The number of likely N-dealkylation sites (tertiary alicyclic amines) is 1. The number of hydrogen-bond donors (Lipinski definition) is 2. The SMILES string of the molecule is CSc1ccc(NC(=O)CN2CCC(C(=O)NCc3ccccc3)CC2)cc1. The molecule has 2 aromatic rings. The first kappa shape index (κ1) is 20.4. The normalized spacial score (nSPS) is 15.2. The third-order valence-electron chi connectivity index (χ3n) is 5.01. The Labute approximate surface area is 170 Å². The van der Waals surface area contributed by atoms with Crippen molar-refractivity contribution >= 4 is 29.3 Å². The van der Waals surface area contributed by atoms with E-state index in [1.165, 1.54) is 4.90 Å². The van der Waals surface area contributed by atoms with Crippen molar-refractivity contribution in [2.24, 2.45) is 5.92 Å². The number of benzene rings is 2. The molecule has 2 aromatic carbocycles. The van der Waals surface area contributed by atoms with Crippen LogP contribution in [0, 0.1) is 5.92 Å². The molecule has 5 nitrogen and oxygen atoms in total. The van der Waals surface area contributed by atoms with Gasteiger partial charge in [-0.15, -0.1) is 11.8 Å². The second-order valence-electron chi connectivity index (χ2n) is 7.03. The molecule has 3 rings (SSSR count). The van der Waals surface area contributed by atoms with Crippen molar-refractivity contribution in [3.8, 4) is 0 Å². The molecule has 0 spiro atoms. The third kappa shape index (κ3) is 6.11. The van der Waals surface area contributed by atoms with Crippen LogP contribution in [0.3, 0.4) is 0 Å². The highest BCUT2D eigenvalue weighted by Crippen LogP contribution is 2.19. The lowest BCUT2D eigenvalue weighted by atomic mass is 9.96. The lowest BCUT2D eigenvalue weighted by Gasteiger charge is -2.30. The van der Waals surface area contributed by atoms with Crippen molar-refractivity contribution in [2.45, 2.75) is 24.3 Å². The number of nitrogens with zero attached hydrogens (tertiary/aromatic N) is 1. The summed E-state index contributed by atoms with van der Waals surface area (Å²) >= 11 is 1.68. The average molecular weight is 398 g/mol. The number of amides is 2. The first-order valence-electron chi connectivity index (χ1n) is 9.62. The minimum Gasteiger partial charge on any atom is -0.352 e. The van der Waals surface area contributed by atoms with Gasteiger partial charge in [-0.25, -0.2) is 0 Å². The number of anilines is 1. The fourth-order valence-electron chi connectivity index (χ4n) is 3.36. The fraction of sp³-hybridized carbons (Fsp3) is 0.364. The third-order valence-corrected chi connectivity index (χ3v) is 5.75. The molecule has 2 amide bonds. The zero-order valence-electron chi connectivity index (χ0n) is 16.2. The van der Waals surface area contributed by atoms with Crippen LogP contribution in [0.1, 0.15) is 18.4 Å². The predicted molar refractivity (Wildman–Crippen MR) is 114 cm³/mol. The number of hydrogen-bond acceptors (Lipinski definition) is 4. The molecule has 1 aliphatic heterocycles. The molecule has 6 heteroatoms. The van der Waals surface area contributed by atoms with Gasteiger partial charge in [0.25, 0.3) is 0 Å². The van der Waals surface area contributed by atoms with Crippen molar-refractivity contribution in [3.63, 3.8) is 0 Å². The minimum atomic E-state index is -0.0103. The molecule has 1 aliphatic rings. The maximum atomic E-state index is 12.4. The van der Waals surface area contributed by atoms with Crippen LogP contribution >= 0.6 is 11.8 Å². The van der Waals surface area contributed by atoms with E-state index in [0.717, 1.165) is 37.2 Å². The van der Waals surface area contributed by atoms with E-state index in [0.29, 0.717) is 13.1 Å². The van der Waals surface area contributed by atoms with Crippen molar-refractivity contribution < 1.29 is 9.59 Å². The van der Waals surface area contributed by atoms with Crippen LogP contribution < -0.4 is 10.6 Å². The molecule has 0 unspecified atom stereocenters. The Morgan fingerprint density at radius 1 is 1.04 bits per heavy atom. The summed E-state index contributed by atoms with van der Waals surface area (Å²) in [6, 6.07) is 17.8. The predicted octanol–water partition coefficient (Wildman–Crippen LogP) is 3.38. The minimum absolute atomic E-state index is 0.0103. The maximum absolute atomic E-state index is 12.4. The van der Waals surface area contributed by atoms with Gasteiger partial charge >= 0.3 is 0 Å². The summed E-state index contributed by atoms with van der Waals surface area (Å²) < 4.78 is 0. The van der Waals surface area contributed by atoms with E-state index in [4.69, 9.17) is 0 Å².